The molecule has 1 N–H and O–H groups in total. The fourth-order valence-corrected chi connectivity index (χ4v) is 3.25. The van der Waals surface area contributed by atoms with Crippen molar-refractivity contribution in [2.24, 2.45) is 0 Å². The van der Waals surface area contributed by atoms with Crippen LogP contribution in [-0.2, 0) is 0 Å². The van der Waals surface area contributed by atoms with Crippen LogP contribution in [0.5, 0.6) is 0 Å². The van der Waals surface area contributed by atoms with Crippen LogP contribution >= 0.6 is 11.3 Å². The lowest BCUT2D eigenvalue weighted by Crippen LogP contribution is -2.29. The van der Waals surface area contributed by atoms with E-state index in [0.29, 0.717) is 11.4 Å². The summed E-state index contributed by atoms with van der Waals surface area (Å²) in [5.41, 5.74) is 1.36. The van der Waals surface area contributed by atoms with Crippen LogP contribution in [0.2, 0.25) is 0 Å². The maximum atomic E-state index is 13.2. The number of carbonyl (C=O) groups is 1. The van der Waals surface area contributed by atoms with Gasteiger partial charge in [-0.05, 0) is 41.3 Å². The summed E-state index contributed by atoms with van der Waals surface area (Å²) in [5, 5.41) is 4.99. The van der Waals surface area contributed by atoms with Crippen molar-refractivity contribution in [1.29, 1.82) is 0 Å². The molecule has 0 saturated heterocycles. The number of pyridine rings is 1. The van der Waals surface area contributed by atoms with Gasteiger partial charge in [-0.25, -0.2) is 9.37 Å². The van der Waals surface area contributed by atoms with Crippen LogP contribution in [0.25, 0.3) is 0 Å². The molecule has 25 heavy (non-hydrogen) atoms. The molecular formula is C19H18FN3OS. The first-order chi connectivity index (χ1) is 12.0. The molecule has 1 aromatic carbocycles. The molecular weight excluding hydrogens is 337 g/mol. The standard InChI is InChI=1S/C19H18FN3OS/c1-23(2)17-12-14(9-10-21-17)19(24)22-18(16-4-3-11-25-16)13-5-7-15(20)8-6-13/h3-12,18H,1-2H3,(H,22,24)/t18-/m0/s1. The molecule has 128 valence electrons. The number of hydrogen-bond acceptors (Lipinski definition) is 4. The minimum absolute atomic E-state index is 0.201. The van der Waals surface area contributed by atoms with Gasteiger partial charge in [0.15, 0.2) is 0 Å². The van der Waals surface area contributed by atoms with Crippen LogP contribution in [0.3, 0.4) is 0 Å². The molecule has 3 rings (SSSR count). The third kappa shape index (κ3) is 4.03. The Balaban J connectivity index is 1.89. The molecule has 2 heterocycles. The number of anilines is 1. The summed E-state index contributed by atoms with van der Waals surface area (Å²) >= 11 is 1.55. The molecule has 4 nitrogen and oxygen atoms in total. The Morgan fingerprint density at radius 3 is 2.60 bits per heavy atom. The van der Waals surface area contributed by atoms with Crippen LogP contribution in [0.1, 0.15) is 26.8 Å². The number of hydrogen-bond donors (Lipinski definition) is 1. The second-order valence-corrected chi connectivity index (χ2v) is 6.75. The van der Waals surface area contributed by atoms with Crippen molar-refractivity contribution in [2.45, 2.75) is 6.04 Å². The van der Waals surface area contributed by atoms with Gasteiger partial charge in [0.2, 0.25) is 0 Å². The normalized spacial score (nSPS) is 11.8. The highest BCUT2D eigenvalue weighted by atomic mass is 32.1. The first kappa shape index (κ1) is 17.1. The van der Waals surface area contributed by atoms with Gasteiger partial charge in [-0.1, -0.05) is 18.2 Å². The summed E-state index contributed by atoms with van der Waals surface area (Å²) in [6, 6.07) is 13.2. The van der Waals surface area contributed by atoms with Crippen LogP contribution in [0.4, 0.5) is 10.2 Å². The Morgan fingerprint density at radius 1 is 1.20 bits per heavy atom. The predicted molar refractivity (Wildman–Crippen MR) is 98.6 cm³/mol. The van der Waals surface area contributed by atoms with Gasteiger partial charge in [0, 0.05) is 30.7 Å². The molecule has 0 spiro atoms. The van der Waals surface area contributed by atoms with E-state index in [0.717, 1.165) is 10.4 Å². The maximum absolute atomic E-state index is 13.2. The van der Waals surface area contributed by atoms with E-state index in [4.69, 9.17) is 0 Å². The molecule has 0 radical (unpaired) electrons. The molecule has 0 bridgehead atoms. The van der Waals surface area contributed by atoms with Crippen LogP contribution in [0.15, 0.2) is 60.1 Å². The fourth-order valence-electron chi connectivity index (χ4n) is 2.45. The smallest absolute Gasteiger partial charge is 0.252 e. The third-order valence-electron chi connectivity index (χ3n) is 3.77. The number of amides is 1. The lowest BCUT2D eigenvalue weighted by Gasteiger charge is -2.19. The summed E-state index contributed by atoms with van der Waals surface area (Å²) in [6.45, 7) is 0. The number of carbonyl (C=O) groups excluding carboxylic acids is 1. The zero-order chi connectivity index (χ0) is 17.8. The third-order valence-corrected chi connectivity index (χ3v) is 4.71. The molecule has 6 heteroatoms. The Morgan fingerprint density at radius 2 is 1.96 bits per heavy atom. The van der Waals surface area contributed by atoms with Crippen LogP contribution < -0.4 is 10.2 Å². The average Bonchev–Trinajstić information content (AvgIpc) is 3.15. The molecule has 0 aliphatic rings. The highest BCUT2D eigenvalue weighted by Gasteiger charge is 2.19. The minimum atomic E-state index is -0.330. The SMILES string of the molecule is CN(C)c1cc(C(=O)N[C@@H](c2ccc(F)cc2)c2cccs2)ccn1. The molecule has 0 unspecified atom stereocenters. The monoisotopic (exact) mass is 355 g/mol. The zero-order valence-electron chi connectivity index (χ0n) is 13.9. The Labute approximate surface area is 150 Å². The van der Waals surface area contributed by atoms with Crippen molar-refractivity contribution in [3.63, 3.8) is 0 Å². The summed E-state index contributed by atoms with van der Waals surface area (Å²) < 4.78 is 13.2. The summed E-state index contributed by atoms with van der Waals surface area (Å²) in [4.78, 5) is 19.8. The topological polar surface area (TPSA) is 45.2 Å². The first-order valence-corrected chi connectivity index (χ1v) is 8.65. The number of nitrogens with one attached hydrogen (secondary N) is 1. The molecule has 2 aromatic heterocycles. The van der Waals surface area contributed by atoms with Gasteiger partial charge in [0.25, 0.3) is 5.91 Å². The van der Waals surface area contributed by atoms with Gasteiger partial charge in [0.05, 0.1) is 6.04 Å². The highest BCUT2D eigenvalue weighted by molar-refractivity contribution is 7.10. The fraction of sp³-hybridized carbons (Fsp3) is 0.158. The zero-order valence-corrected chi connectivity index (χ0v) is 14.8. The van der Waals surface area contributed by atoms with E-state index in [2.05, 4.69) is 10.3 Å². The van der Waals surface area contributed by atoms with Crippen LogP contribution in [0, 0.1) is 5.82 Å². The number of halogens is 1. The largest absolute Gasteiger partial charge is 0.363 e. The quantitative estimate of drug-likeness (QED) is 0.756. The van der Waals surface area contributed by atoms with Crippen LogP contribution in [-0.4, -0.2) is 25.0 Å². The van der Waals surface area contributed by atoms with Crippen molar-refractivity contribution in [2.75, 3.05) is 19.0 Å². The predicted octanol–water partition coefficient (Wildman–Crippen LogP) is 3.87. The average molecular weight is 355 g/mol. The van der Waals surface area contributed by atoms with Gasteiger partial charge in [-0.2, -0.15) is 0 Å². The lowest BCUT2D eigenvalue weighted by atomic mass is 10.0. The Bertz CT molecular complexity index is 847. The molecule has 3 aromatic rings. The lowest BCUT2D eigenvalue weighted by molar-refractivity contribution is 0.0943. The molecule has 0 saturated carbocycles. The molecule has 0 fully saturated rings. The van der Waals surface area contributed by atoms with E-state index in [1.165, 1.54) is 12.1 Å². The number of nitrogens with zero attached hydrogens (tertiary/aromatic N) is 2. The summed E-state index contributed by atoms with van der Waals surface area (Å²) in [6.07, 6.45) is 1.61. The van der Waals surface area contributed by atoms with E-state index < -0.39 is 0 Å². The number of rotatable bonds is 5. The van der Waals surface area contributed by atoms with E-state index in [-0.39, 0.29) is 17.8 Å². The van der Waals surface area contributed by atoms with E-state index in [1.54, 1.807) is 41.8 Å². The number of thiophene rings is 1. The van der Waals surface area contributed by atoms with Crippen molar-refractivity contribution in [1.82, 2.24) is 10.3 Å². The Hall–Kier alpha value is -2.73. The maximum Gasteiger partial charge on any atom is 0.252 e. The molecule has 0 aliphatic carbocycles. The summed E-state index contributed by atoms with van der Waals surface area (Å²) in [5.74, 6) is 0.208. The molecule has 1 atom stereocenters. The highest BCUT2D eigenvalue weighted by Crippen LogP contribution is 2.26. The summed E-state index contributed by atoms with van der Waals surface area (Å²) in [7, 11) is 3.74. The van der Waals surface area contributed by atoms with Gasteiger partial charge < -0.3 is 10.2 Å². The first-order valence-electron chi connectivity index (χ1n) is 7.77. The van der Waals surface area contributed by atoms with Crippen molar-refractivity contribution < 1.29 is 9.18 Å². The second-order valence-electron chi connectivity index (χ2n) is 5.77. The van der Waals surface area contributed by atoms with Crippen molar-refractivity contribution in [3.8, 4) is 0 Å². The van der Waals surface area contributed by atoms with Gasteiger partial charge in [0.1, 0.15) is 11.6 Å². The van der Waals surface area contributed by atoms with Gasteiger partial charge >= 0.3 is 0 Å². The van der Waals surface area contributed by atoms with E-state index >= 15 is 0 Å². The van der Waals surface area contributed by atoms with E-state index in [1.807, 2.05) is 36.5 Å². The number of benzene rings is 1. The minimum Gasteiger partial charge on any atom is -0.363 e. The number of aromatic nitrogens is 1. The Kier molecular flexibility index (Phi) is 5.09. The van der Waals surface area contributed by atoms with Gasteiger partial charge in [-0.15, -0.1) is 11.3 Å². The van der Waals surface area contributed by atoms with Crippen molar-refractivity contribution >= 4 is 23.1 Å². The van der Waals surface area contributed by atoms with Gasteiger partial charge in [-0.3, -0.25) is 4.79 Å². The van der Waals surface area contributed by atoms with E-state index in [9.17, 15) is 9.18 Å². The van der Waals surface area contributed by atoms with Crippen molar-refractivity contribution in [3.05, 3.63) is 81.9 Å². The second kappa shape index (κ2) is 7.44. The molecule has 0 aliphatic heterocycles. The molecule has 1 amide bonds.